The zero-order chi connectivity index (χ0) is 42.4. The summed E-state index contributed by atoms with van der Waals surface area (Å²) in [5, 5.41) is 1.76. The highest BCUT2D eigenvalue weighted by Crippen LogP contribution is 2.41. The Morgan fingerprint density at radius 2 is 1.15 bits per heavy atom. The van der Waals surface area contributed by atoms with E-state index in [0.717, 1.165) is 38.6 Å². The van der Waals surface area contributed by atoms with Crippen LogP contribution in [0.1, 0.15) is 56.3 Å². The van der Waals surface area contributed by atoms with Gasteiger partial charge in [-0.3, -0.25) is 4.79 Å². The Hall–Kier alpha value is -6.87. The number of benzene rings is 7. The molecule has 0 fully saturated rings. The van der Waals surface area contributed by atoms with Crippen LogP contribution in [0.3, 0.4) is 0 Å². The molecule has 7 rings (SSSR count). The lowest BCUT2D eigenvalue weighted by molar-refractivity contribution is -0.175. The van der Waals surface area contributed by atoms with E-state index in [0.29, 0.717) is 17.5 Å². The van der Waals surface area contributed by atoms with E-state index in [4.69, 9.17) is 23.7 Å². The second kappa shape index (κ2) is 20.4. The summed E-state index contributed by atoms with van der Waals surface area (Å²) in [6, 6.07) is 59.4. The highest BCUT2D eigenvalue weighted by molar-refractivity contribution is 5.96. The van der Waals surface area contributed by atoms with Crippen molar-refractivity contribution >= 4 is 28.7 Å². The van der Waals surface area contributed by atoms with Crippen LogP contribution in [0.2, 0.25) is 0 Å². The molecule has 8 heteroatoms. The predicted octanol–water partition coefficient (Wildman–Crippen LogP) is 10.2. The van der Waals surface area contributed by atoms with Gasteiger partial charge in [0.2, 0.25) is 0 Å². The first-order valence-electron chi connectivity index (χ1n) is 20.3. The third kappa shape index (κ3) is 9.95. The minimum absolute atomic E-state index is 0.00236. The number of aryl methyl sites for hydroxylation is 1. The van der Waals surface area contributed by atoms with E-state index in [9.17, 15) is 14.4 Å². The topological polar surface area (TPSA) is 97.4 Å². The SMILES string of the molecule is COC(=O)c1ccc2cccc(CC[C@H](OC(=O)[C@@H](OC)c3ccccc3)[C@H](COC(c3ccccc3)(c3ccccc3)c3ccccc3)C(=O)OCc3ccccc3)c2c1. The van der Waals surface area contributed by atoms with Crippen LogP contribution in [0, 0.1) is 5.92 Å². The van der Waals surface area contributed by atoms with Crippen LogP contribution in [0.4, 0.5) is 0 Å². The quantitative estimate of drug-likeness (QED) is 0.0480. The van der Waals surface area contributed by atoms with Crippen molar-refractivity contribution < 1.29 is 38.1 Å². The summed E-state index contributed by atoms with van der Waals surface area (Å²) >= 11 is 0. The summed E-state index contributed by atoms with van der Waals surface area (Å²) < 4.78 is 30.6. The van der Waals surface area contributed by atoms with Gasteiger partial charge in [-0.05, 0) is 69.1 Å². The summed E-state index contributed by atoms with van der Waals surface area (Å²) in [6.07, 6.45) is -1.56. The molecule has 0 spiro atoms. The zero-order valence-corrected chi connectivity index (χ0v) is 34.2. The number of methoxy groups -OCH3 is 2. The van der Waals surface area contributed by atoms with Crippen molar-refractivity contribution in [1.82, 2.24) is 0 Å². The molecular formula is C53H48O8. The summed E-state index contributed by atoms with van der Waals surface area (Å²) in [6.45, 7) is -0.197. The number of ether oxygens (including phenoxy) is 5. The molecule has 7 aromatic carbocycles. The van der Waals surface area contributed by atoms with Crippen LogP contribution in [-0.4, -0.2) is 44.8 Å². The van der Waals surface area contributed by atoms with Gasteiger partial charge in [0.25, 0.3) is 0 Å². The Labute approximate surface area is 356 Å². The van der Waals surface area contributed by atoms with Gasteiger partial charge in [0.15, 0.2) is 6.10 Å². The number of hydrogen-bond acceptors (Lipinski definition) is 8. The summed E-state index contributed by atoms with van der Waals surface area (Å²) in [7, 11) is 2.80. The van der Waals surface area contributed by atoms with Crippen molar-refractivity contribution in [3.63, 3.8) is 0 Å². The van der Waals surface area contributed by atoms with Gasteiger partial charge in [-0.1, -0.05) is 176 Å². The van der Waals surface area contributed by atoms with Crippen molar-refractivity contribution in [2.75, 3.05) is 20.8 Å². The summed E-state index contributed by atoms with van der Waals surface area (Å²) in [5.41, 5.74) is 4.06. The maximum atomic E-state index is 14.8. The van der Waals surface area contributed by atoms with Crippen molar-refractivity contribution in [3.05, 3.63) is 227 Å². The van der Waals surface area contributed by atoms with Crippen LogP contribution < -0.4 is 0 Å². The van der Waals surface area contributed by atoms with E-state index >= 15 is 0 Å². The van der Waals surface area contributed by atoms with Crippen LogP contribution in [0.15, 0.2) is 188 Å². The van der Waals surface area contributed by atoms with Crippen molar-refractivity contribution in [2.45, 2.75) is 37.3 Å². The molecule has 8 nitrogen and oxygen atoms in total. The van der Waals surface area contributed by atoms with Gasteiger partial charge in [0.1, 0.15) is 24.2 Å². The third-order valence-corrected chi connectivity index (χ3v) is 10.9. The lowest BCUT2D eigenvalue weighted by atomic mass is 9.80. The Bertz CT molecular complexity index is 2400. The molecule has 7 aromatic rings. The largest absolute Gasteiger partial charge is 0.465 e. The molecule has 0 aromatic heterocycles. The molecule has 0 aliphatic carbocycles. The second-order valence-electron chi connectivity index (χ2n) is 14.7. The van der Waals surface area contributed by atoms with E-state index in [1.807, 2.05) is 164 Å². The molecule has 0 saturated heterocycles. The van der Waals surface area contributed by atoms with Gasteiger partial charge in [-0.25, -0.2) is 9.59 Å². The van der Waals surface area contributed by atoms with Crippen LogP contribution in [0.5, 0.6) is 0 Å². The number of fused-ring (bicyclic) bond motifs is 1. The normalized spacial score (nSPS) is 12.8. The number of carbonyl (C=O) groups is 3. The second-order valence-corrected chi connectivity index (χ2v) is 14.7. The van der Waals surface area contributed by atoms with Crippen molar-refractivity contribution in [1.29, 1.82) is 0 Å². The molecule has 0 heterocycles. The Morgan fingerprint density at radius 3 is 1.70 bits per heavy atom. The smallest absolute Gasteiger partial charge is 0.340 e. The maximum Gasteiger partial charge on any atom is 0.340 e. The highest BCUT2D eigenvalue weighted by Gasteiger charge is 2.42. The molecular weight excluding hydrogens is 765 g/mol. The minimum atomic E-state index is -1.19. The first kappa shape index (κ1) is 42.3. The average molecular weight is 813 g/mol. The molecule has 3 atom stereocenters. The number of rotatable bonds is 18. The highest BCUT2D eigenvalue weighted by atomic mass is 16.6. The van der Waals surface area contributed by atoms with Crippen molar-refractivity contribution in [3.8, 4) is 0 Å². The monoisotopic (exact) mass is 812 g/mol. The Morgan fingerprint density at radius 1 is 0.590 bits per heavy atom. The summed E-state index contributed by atoms with van der Waals surface area (Å²) in [5.74, 6) is -2.82. The predicted molar refractivity (Wildman–Crippen MR) is 235 cm³/mol. The molecule has 0 saturated carbocycles. The van der Waals surface area contributed by atoms with E-state index in [1.54, 1.807) is 24.3 Å². The first-order chi connectivity index (χ1) is 29.9. The average Bonchev–Trinajstić information content (AvgIpc) is 3.32. The fourth-order valence-electron chi connectivity index (χ4n) is 7.79. The first-order valence-corrected chi connectivity index (χ1v) is 20.3. The maximum absolute atomic E-state index is 14.8. The molecule has 0 unspecified atom stereocenters. The minimum Gasteiger partial charge on any atom is -0.465 e. The Balaban J connectivity index is 1.32. The van der Waals surface area contributed by atoms with Gasteiger partial charge in [-0.15, -0.1) is 0 Å². The van der Waals surface area contributed by atoms with Gasteiger partial charge in [0.05, 0.1) is 19.3 Å². The van der Waals surface area contributed by atoms with Gasteiger partial charge >= 0.3 is 17.9 Å². The van der Waals surface area contributed by atoms with Gasteiger partial charge in [0, 0.05) is 7.11 Å². The summed E-state index contributed by atoms with van der Waals surface area (Å²) in [4.78, 5) is 41.7. The van der Waals surface area contributed by atoms with Gasteiger partial charge < -0.3 is 23.7 Å². The van der Waals surface area contributed by atoms with Gasteiger partial charge in [-0.2, -0.15) is 0 Å². The Kier molecular flexibility index (Phi) is 14.1. The van der Waals surface area contributed by atoms with Crippen molar-refractivity contribution in [2.24, 2.45) is 5.92 Å². The van der Waals surface area contributed by atoms with E-state index in [1.165, 1.54) is 14.2 Å². The lowest BCUT2D eigenvalue weighted by Crippen LogP contribution is -2.42. The number of hydrogen-bond donors (Lipinski definition) is 0. The molecule has 0 bridgehead atoms. The number of carbonyl (C=O) groups excluding carboxylic acids is 3. The third-order valence-electron chi connectivity index (χ3n) is 10.9. The molecule has 0 aliphatic heterocycles. The standard InChI is InChI=1S/C53H48O8/c1-57-49(41-21-10-4-11-22-41)52(56)61-48(34-33-40-24-18-23-39-31-32-42(35-46(39)40)50(54)58-2)47(51(55)59-36-38-19-8-3-9-20-38)37-60-53(43-25-12-5-13-26-43,44-27-14-6-15-28-44)45-29-16-7-17-30-45/h3-32,35,47-49H,33-34,36-37H2,1-2H3/t47-,48-,49-/m0/s1. The lowest BCUT2D eigenvalue weighted by Gasteiger charge is -2.38. The van der Waals surface area contributed by atoms with Crippen LogP contribution in [-0.2, 0) is 51.9 Å². The van der Waals surface area contributed by atoms with E-state index in [2.05, 4.69) is 0 Å². The molecule has 0 amide bonds. The van der Waals surface area contributed by atoms with E-state index < -0.39 is 41.6 Å². The molecule has 0 radical (unpaired) electrons. The molecule has 308 valence electrons. The van der Waals surface area contributed by atoms with Crippen LogP contribution >= 0.6 is 0 Å². The van der Waals surface area contributed by atoms with E-state index in [-0.39, 0.29) is 19.6 Å². The molecule has 0 aliphatic rings. The fourth-order valence-corrected chi connectivity index (χ4v) is 7.79. The fraction of sp³-hybridized carbons (Fsp3) is 0.189. The zero-order valence-electron chi connectivity index (χ0n) is 34.2. The molecule has 0 N–H and O–H groups in total. The van der Waals surface area contributed by atoms with Crippen LogP contribution in [0.25, 0.3) is 10.8 Å². The molecule has 61 heavy (non-hydrogen) atoms. The number of esters is 3.